The Morgan fingerprint density at radius 2 is 1.79 bits per heavy atom. The second-order valence-electron chi connectivity index (χ2n) is 12.8. The molecule has 224 valence electrons. The Balaban J connectivity index is 1.06. The third kappa shape index (κ3) is 6.77. The predicted octanol–water partition coefficient (Wildman–Crippen LogP) is 4.14. The summed E-state index contributed by atoms with van der Waals surface area (Å²) in [6.45, 7) is 3.83. The number of carbonyl (C=O) groups excluding carboxylic acids is 3. The van der Waals surface area contributed by atoms with E-state index in [0.717, 1.165) is 76.9 Å². The minimum Gasteiger partial charge on any atom is -0.384 e. The van der Waals surface area contributed by atoms with E-state index in [4.69, 9.17) is 10.7 Å². The smallest absolute Gasteiger partial charge is 0.251 e. The maximum absolute atomic E-state index is 13.3. The Kier molecular flexibility index (Phi) is 8.74. The van der Waals surface area contributed by atoms with Gasteiger partial charge in [0.25, 0.3) is 11.8 Å². The first-order chi connectivity index (χ1) is 20.4. The summed E-state index contributed by atoms with van der Waals surface area (Å²) < 4.78 is 0. The number of amides is 2. The van der Waals surface area contributed by atoms with Crippen LogP contribution in [0.15, 0.2) is 36.5 Å². The van der Waals surface area contributed by atoms with E-state index >= 15 is 0 Å². The van der Waals surface area contributed by atoms with Crippen LogP contribution in [0.5, 0.6) is 0 Å². The number of rotatable bonds is 11. The van der Waals surface area contributed by atoms with Gasteiger partial charge in [-0.15, -0.1) is 0 Å². The molecule has 4 aliphatic rings. The van der Waals surface area contributed by atoms with Gasteiger partial charge in [0.05, 0.1) is 5.56 Å². The highest BCUT2D eigenvalue weighted by Crippen LogP contribution is 2.39. The summed E-state index contributed by atoms with van der Waals surface area (Å²) in [6, 6.07) is 9.42. The molecule has 3 unspecified atom stereocenters. The van der Waals surface area contributed by atoms with Gasteiger partial charge in [-0.25, -0.2) is 4.98 Å². The number of aromatic nitrogens is 1. The van der Waals surface area contributed by atoms with Gasteiger partial charge < -0.3 is 26.6 Å². The van der Waals surface area contributed by atoms with Crippen LogP contribution in [0, 0.1) is 17.8 Å². The number of benzene rings is 1. The zero-order chi connectivity index (χ0) is 29.1. The molecule has 2 aliphatic carbocycles. The molecule has 0 radical (unpaired) electrons. The van der Waals surface area contributed by atoms with Crippen molar-refractivity contribution in [1.82, 2.24) is 15.6 Å². The molecule has 0 bridgehead atoms. The number of fused-ring (bicyclic) bond motifs is 1. The van der Waals surface area contributed by atoms with E-state index in [1.165, 1.54) is 12.8 Å². The van der Waals surface area contributed by atoms with Crippen LogP contribution in [0.2, 0.25) is 0 Å². The molecular formula is C33H44N6O3. The van der Waals surface area contributed by atoms with Crippen molar-refractivity contribution < 1.29 is 14.4 Å². The van der Waals surface area contributed by atoms with E-state index in [1.54, 1.807) is 24.4 Å². The van der Waals surface area contributed by atoms with Crippen LogP contribution in [0.3, 0.4) is 0 Å². The molecule has 9 heteroatoms. The predicted molar refractivity (Wildman–Crippen MR) is 164 cm³/mol. The lowest BCUT2D eigenvalue weighted by Crippen LogP contribution is -2.43. The molecule has 2 saturated carbocycles. The van der Waals surface area contributed by atoms with Crippen molar-refractivity contribution in [3.8, 4) is 0 Å². The molecule has 1 aromatic carbocycles. The maximum Gasteiger partial charge on any atom is 0.251 e. The molecule has 4 fully saturated rings. The molecule has 1 aromatic heterocycles. The zero-order valence-electron chi connectivity index (χ0n) is 24.4. The van der Waals surface area contributed by atoms with E-state index in [0.29, 0.717) is 52.6 Å². The largest absolute Gasteiger partial charge is 0.384 e. The average Bonchev–Trinajstić information content (AvgIpc) is 3.76. The van der Waals surface area contributed by atoms with Crippen molar-refractivity contribution in [2.24, 2.45) is 23.5 Å². The molecule has 2 aromatic rings. The first kappa shape index (κ1) is 28.6. The van der Waals surface area contributed by atoms with Gasteiger partial charge in [0.1, 0.15) is 5.82 Å². The molecule has 3 atom stereocenters. The Hall–Kier alpha value is -3.46. The number of nitrogens with two attached hydrogens (primary N) is 1. The molecule has 6 rings (SSSR count). The number of hydrogen-bond donors (Lipinski definition) is 4. The number of nitrogens with one attached hydrogen (secondary N) is 3. The highest BCUT2D eigenvalue weighted by atomic mass is 16.2. The number of nitrogens with zero attached hydrogens (tertiary/aromatic N) is 2. The van der Waals surface area contributed by atoms with E-state index < -0.39 is 5.91 Å². The highest BCUT2D eigenvalue weighted by molar-refractivity contribution is 6.02. The van der Waals surface area contributed by atoms with Crippen molar-refractivity contribution in [2.75, 3.05) is 36.4 Å². The SMILES string of the molecule is NC(=O)c1ccc(C(=O)NC2CC3CCCN(c4ccc(C(=O)CCC5CCNCC5)cn4)C3C2)cc1NCC1CC1. The Labute approximate surface area is 248 Å². The second-order valence-corrected chi connectivity index (χ2v) is 12.8. The molecule has 2 aliphatic heterocycles. The molecule has 2 amide bonds. The van der Waals surface area contributed by atoms with Crippen LogP contribution in [-0.4, -0.2) is 60.8 Å². The first-order valence-corrected chi connectivity index (χ1v) is 15.9. The van der Waals surface area contributed by atoms with Gasteiger partial charge in [-0.05, 0) is 119 Å². The van der Waals surface area contributed by atoms with E-state index in [1.807, 2.05) is 12.1 Å². The first-order valence-electron chi connectivity index (χ1n) is 15.9. The molecule has 9 nitrogen and oxygen atoms in total. The summed E-state index contributed by atoms with van der Waals surface area (Å²) in [5.74, 6) is 2.24. The number of hydrogen-bond acceptors (Lipinski definition) is 7. The summed E-state index contributed by atoms with van der Waals surface area (Å²) in [7, 11) is 0. The fourth-order valence-corrected chi connectivity index (χ4v) is 7.15. The Morgan fingerprint density at radius 3 is 2.52 bits per heavy atom. The van der Waals surface area contributed by atoms with Crippen LogP contribution < -0.4 is 26.6 Å². The third-order valence-electron chi connectivity index (χ3n) is 9.79. The number of Topliss-reactive ketones (excluding diaryl/α,β-unsaturated/α-hetero) is 1. The van der Waals surface area contributed by atoms with Crippen molar-refractivity contribution >= 4 is 29.1 Å². The summed E-state index contributed by atoms with van der Waals surface area (Å²) in [6.07, 6.45) is 12.0. The van der Waals surface area contributed by atoms with Crippen LogP contribution in [0.25, 0.3) is 0 Å². The molecule has 3 heterocycles. The van der Waals surface area contributed by atoms with Crippen LogP contribution in [0.4, 0.5) is 11.5 Å². The van der Waals surface area contributed by atoms with Gasteiger partial charge >= 0.3 is 0 Å². The van der Waals surface area contributed by atoms with Gasteiger partial charge in [-0.1, -0.05) is 0 Å². The summed E-state index contributed by atoms with van der Waals surface area (Å²) in [5.41, 5.74) is 7.86. The average molecular weight is 573 g/mol. The van der Waals surface area contributed by atoms with E-state index in [-0.39, 0.29) is 17.7 Å². The van der Waals surface area contributed by atoms with Crippen LogP contribution in [0.1, 0.15) is 95.3 Å². The van der Waals surface area contributed by atoms with Gasteiger partial charge in [0, 0.05) is 54.6 Å². The van der Waals surface area contributed by atoms with Gasteiger partial charge in [0.2, 0.25) is 0 Å². The van der Waals surface area contributed by atoms with Crippen molar-refractivity contribution in [1.29, 1.82) is 0 Å². The highest BCUT2D eigenvalue weighted by Gasteiger charge is 2.41. The number of anilines is 2. The number of carbonyl (C=O) groups is 3. The van der Waals surface area contributed by atoms with Crippen molar-refractivity contribution in [3.63, 3.8) is 0 Å². The summed E-state index contributed by atoms with van der Waals surface area (Å²) >= 11 is 0. The van der Waals surface area contributed by atoms with Gasteiger partial charge in [-0.2, -0.15) is 0 Å². The Morgan fingerprint density at radius 1 is 0.976 bits per heavy atom. The minimum atomic E-state index is -0.497. The minimum absolute atomic E-state index is 0.0719. The topological polar surface area (TPSA) is 129 Å². The quantitative estimate of drug-likeness (QED) is 0.298. The lowest BCUT2D eigenvalue weighted by atomic mass is 9.91. The summed E-state index contributed by atoms with van der Waals surface area (Å²) in [5, 5.41) is 9.97. The number of pyridine rings is 1. The molecule has 42 heavy (non-hydrogen) atoms. The van der Waals surface area contributed by atoms with Gasteiger partial charge in [0.15, 0.2) is 5.78 Å². The maximum atomic E-state index is 13.3. The van der Waals surface area contributed by atoms with Crippen LogP contribution in [-0.2, 0) is 0 Å². The molecule has 2 saturated heterocycles. The molecule has 5 N–H and O–H groups in total. The second kappa shape index (κ2) is 12.8. The zero-order valence-corrected chi connectivity index (χ0v) is 24.4. The number of primary amides is 1. The number of piperidine rings is 2. The fraction of sp³-hybridized carbons (Fsp3) is 0.576. The lowest BCUT2D eigenvalue weighted by Gasteiger charge is -2.38. The molecule has 0 spiro atoms. The molecular weight excluding hydrogens is 528 g/mol. The van der Waals surface area contributed by atoms with E-state index in [2.05, 4.69) is 20.9 Å². The summed E-state index contributed by atoms with van der Waals surface area (Å²) in [4.78, 5) is 45.2. The van der Waals surface area contributed by atoms with Crippen molar-refractivity contribution in [3.05, 3.63) is 53.2 Å². The normalized spacial score (nSPS) is 24.2. The lowest BCUT2D eigenvalue weighted by molar-refractivity contribution is 0.0933. The van der Waals surface area contributed by atoms with Gasteiger partial charge in [-0.3, -0.25) is 14.4 Å². The number of ketones is 1. The third-order valence-corrected chi connectivity index (χ3v) is 9.79. The Bertz CT molecular complexity index is 1290. The van der Waals surface area contributed by atoms with E-state index in [9.17, 15) is 14.4 Å². The van der Waals surface area contributed by atoms with Crippen LogP contribution >= 0.6 is 0 Å². The fourth-order valence-electron chi connectivity index (χ4n) is 7.15. The van der Waals surface area contributed by atoms with Crippen molar-refractivity contribution in [2.45, 2.75) is 76.3 Å². The monoisotopic (exact) mass is 572 g/mol. The standard InChI is InChI=1S/C33H44N6O3/c34-32(41)27-8-6-24(17-28(27)36-19-22-3-4-22)33(42)38-26-16-23-2-1-15-39(29(23)18-26)31-10-7-25(20-37-31)30(40)9-5-21-11-13-35-14-12-21/h6-8,10,17,20-23,26,29,35-36H,1-5,9,11-16,18-19H2,(H2,34,41)(H,38,42).